The molecule has 3 aromatic rings. The summed E-state index contributed by atoms with van der Waals surface area (Å²) in [6.45, 7) is 2.31. The quantitative estimate of drug-likeness (QED) is 0.535. The SMILES string of the molecule is COc1ccc2c(c1)[C@]1(SCCN1C(=O)c1ccccc1C)C(=O)N2Cc1ccc(F)c(F)c1. The zero-order chi connectivity index (χ0) is 24.0. The predicted molar refractivity (Wildman–Crippen MR) is 127 cm³/mol. The monoisotopic (exact) mass is 480 g/mol. The van der Waals surface area contributed by atoms with Crippen LogP contribution in [0.3, 0.4) is 0 Å². The number of anilines is 1. The van der Waals surface area contributed by atoms with Gasteiger partial charge in [0.15, 0.2) is 16.5 Å². The van der Waals surface area contributed by atoms with Gasteiger partial charge in [0.1, 0.15) is 5.75 Å². The van der Waals surface area contributed by atoms with Crippen LogP contribution in [0.1, 0.15) is 27.0 Å². The van der Waals surface area contributed by atoms with E-state index in [0.717, 1.165) is 17.7 Å². The van der Waals surface area contributed by atoms with Crippen molar-refractivity contribution in [1.82, 2.24) is 4.90 Å². The summed E-state index contributed by atoms with van der Waals surface area (Å²) in [5, 5.41) is 0. The third kappa shape index (κ3) is 3.36. The lowest BCUT2D eigenvalue weighted by atomic mass is 10.0. The van der Waals surface area contributed by atoms with Crippen molar-refractivity contribution in [2.75, 3.05) is 24.3 Å². The first-order valence-electron chi connectivity index (χ1n) is 10.8. The Morgan fingerprint density at radius 3 is 2.62 bits per heavy atom. The first kappa shape index (κ1) is 22.4. The standard InChI is InChI=1S/C26H22F2N2O3S/c1-16-5-3-4-6-19(16)24(31)30-11-12-34-26(30)20-14-18(33-2)8-10-23(20)29(25(26)32)15-17-7-9-21(27)22(28)13-17/h3-10,13-14H,11-12,15H2,1-2H3/t26-/m0/s1. The zero-order valence-corrected chi connectivity index (χ0v) is 19.5. The number of carbonyl (C=O) groups excluding carboxylic acids is 2. The van der Waals surface area contributed by atoms with Gasteiger partial charge < -0.3 is 14.5 Å². The first-order chi connectivity index (χ1) is 16.4. The smallest absolute Gasteiger partial charge is 0.268 e. The van der Waals surface area contributed by atoms with Gasteiger partial charge in [-0.1, -0.05) is 24.3 Å². The molecule has 1 spiro atoms. The Bertz CT molecular complexity index is 1310. The molecule has 1 atom stereocenters. The molecular weight excluding hydrogens is 458 g/mol. The second kappa shape index (κ2) is 8.43. The highest BCUT2D eigenvalue weighted by molar-refractivity contribution is 8.01. The van der Waals surface area contributed by atoms with Gasteiger partial charge in [0.05, 0.1) is 19.3 Å². The summed E-state index contributed by atoms with van der Waals surface area (Å²) in [5.41, 5.74) is 3.09. The average Bonchev–Trinajstić information content (AvgIpc) is 3.38. The van der Waals surface area contributed by atoms with Crippen LogP contribution in [0.5, 0.6) is 5.75 Å². The van der Waals surface area contributed by atoms with E-state index in [-0.39, 0.29) is 18.4 Å². The summed E-state index contributed by atoms with van der Waals surface area (Å²) in [7, 11) is 1.54. The molecule has 0 N–H and O–H groups in total. The molecule has 34 heavy (non-hydrogen) atoms. The number of aryl methyl sites for hydroxylation is 1. The number of nitrogens with zero attached hydrogens (tertiary/aromatic N) is 2. The molecule has 3 aromatic carbocycles. The maximum absolute atomic E-state index is 14.1. The number of hydrogen-bond acceptors (Lipinski definition) is 4. The molecule has 2 aliphatic heterocycles. The molecule has 8 heteroatoms. The molecule has 2 amide bonds. The largest absolute Gasteiger partial charge is 0.497 e. The summed E-state index contributed by atoms with van der Waals surface area (Å²) in [4.78, 5) is 29.7. The molecule has 1 saturated heterocycles. The van der Waals surface area contributed by atoms with Crippen LogP contribution in [0.2, 0.25) is 0 Å². The average molecular weight is 481 g/mol. The Hall–Kier alpha value is -3.39. The van der Waals surface area contributed by atoms with Crippen molar-refractivity contribution in [2.45, 2.75) is 18.3 Å². The number of thioether (sulfide) groups is 1. The molecule has 0 aromatic heterocycles. The second-order valence-corrected chi connectivity index (χ2v) is 9.57. The van der Waals surface area contributed by atoms with E-state index < -0.39 is 16.5 Å². The van der Waals surface area contributed by atoms with Gasteiger partial charge in [0, 0.05) is 23.4 Å². The first-order valence-corrected chi connectivity index (χ1v) is 11.8. The van der Waals surface area contributed by atoms with Crippen LogP contribution in [0.15, 0.2) is 60.7 Å². The molecule has 0 saturated carbocycles. The van der Waals surface area contributed by atoms with Gasteiger partial charge >= 0.3 is 0 Å². The molecule has 0 aliphatic carbocycles. The molecular formula is C26H22F2N2O3S. The van der Waals surface area contributed by atoms with E-state index in [4.69, 9.17) is 4.74 Å². The number of carbonyl (C=O) groups is 2. The lowest BCUT2D eigenvalue weighted by Crippen LogP contribution is -2.50. The number of methoxy groups -OCH3 is 1. The molecule has 174 valence electrons. The van der Waals surface area contributed by atoms with Gasteiger partial charge in [-0.15, -0.1) is 11.8 Å². The summed E-state index contributed by atoms with van der Waals surface area (Å²) in [5.74, 6) is -1.28. The van der Waals surface area contributed by atoms with Gasteiger partial charge in [-0.05, 0) is 54.4 Å². The van der Waals surface area contributed by atoms with E-state index >= 15 is 0 Å². The van der Waals surface area contributed by atoms with Gasteiger partial charge in [0.25, 0.3) is 11.8 Å². The zero-order valence-electron chi connectivity index (χ0n) is 18.7. The molecule has 0 unspecified atom stereocenters. The Morgan fingerprint density at radius 1 is 1.09 bits per heavy atom. The van der Waals surface area contributed by atoms with Crippen LogP contribution in [0.4, 0.5) is 14.5 Å². The minimum absolute atomic E-state index is 0.0457. The van der Waals surface area contributed by atoms with E-state index in [1.807, 2.05) is 19.1 Å². The number of halogens is 2. The van der Waals surface area contributed by atoms with Crippen LogP contribution >= 0.6 is 11.8 Å². The number of hydrogen-bond donors (Lipinski definition) is 0. The minimum Gasteiger partial charge on any atom is -0.497 e. The third-order valence-corrected chi connectivity index (χ3v) is 7.77. The van der Waals surface area contributed by atoms with Crippen LogP contribution in [0.25, 0.3) is 0 Å². The van der Waals surface area contributed by atoms with Crippen molar-refractivity contribution in [3.05, 3.63) is 94.6 Å². The topological polar surface area (TPSA) is 49.9 Å². The maximum atomic E-state index is 14.1. The van der Waals surface area contributed by atoms with E-state index in [0.29, 0.717) is 40.4 Å². The fourth-order valence-electron chi connectivity index (χ4n) is 4.66. The Kier molecular flexibility index (Phi) is 5.56. The van der Waals surface area contributed by atoms with Gasteiger partial charge in [-0.3, -0.25) is 9.59 Å². The van der Waals surface area contributed by atoms with Gasteiger partial charge in [-0.2, -0.15) is 0 Å². The summed E-state index contributed by atoms with van der Waals surface area (Å²) >= 11 is 1.40. The third-order valence-electron chi connectivity index (χ3n) is 6.35. The molecule has 1 fully saturated rings. The van der Waals surface area contributed by atoms with Crippen LogP contribution in [-0.4, -0.2) is 36.1 Å². The fourth-order valence-corrected chi connectivity index (χ4v) is 6.11. The lowest BCUT2D eigenvalue weighted by molar-refractivity contribution is -0.123. The minimum atomic E-state index is -1.26. The number of benzene rings is 3. The van der Waals surface area contributed by atoms with E-state index in [1.165, 1.54) is 22.7 Å². The van der Waals surface area contributed by atoms with Crippen LogP contribution < -0.4 is 9.64 Å². The van der Waals surface area contributed by atoms with Crippen LogP contribution in [-0.2, 0) is 16.2 Å². The lowest BCUT2D eigenvalue weighted by Gasteiger charge is -2.33. The van der Waals surface area contributed by atoms with E-state index in [2.05, 4.69) is 0 Å². The van der Waals surface area contributed by atoms with Gasteiger partial charge in [-0.25, -0.2) is 8.78 Å². The van der Waals surface area contributed by atoms with Crippen molar-refractivity contribution < 1.29 is 23.1 Å². The molecule has 5 nitrogen and oxygen atoms in total. The summed E-state index contributed by atoms with van der Waals surface area (Å²) < 4.78 is 32.8. The second-order valence-electron chi connectivity index (χ2n) is 8.29. The highest BCUT2D eigenvalue weighted by Crippen LogP contribution is 2.55. The molecule has 2 aliphatic rings. The summed E-state index contributed by atoms with van der Waals surface area (Å²) in [6.07, 6.45) is 0. The van der Waals surface area contributed by atoms with E-state index in [1.54, 1.807) is 42.3 Å². The number of rotatable bonds is 4. The Morgan fingerprint density at radius 2 is 1.88 bits per heavy atom. The van der Waals surface area contributed by atoms with Crippen molar-refractivity contribution in [3.8, 4) is 5.75 Å². The molecule has 0 bridgehead atoms. The maximum Gasteiger partial charge on any atom is 0.268 e. The van der Waals surface area contributed by atoms with Crippen molar-refractivity contribution >= 4 is 29.3 Å². The fraction of sp³-hybridized carbons (Fsp3) is 0.231. The van der Waals surface area contributed by atoms with Crippen molar-refractivity contribution in [1.29, 1.82) is 0 Å². The summed E-state index contributed by atoms with van der Waals surface area (Å²) in [6, 6.07) is 16.2. The van der Waals surface area contributed by atoms with E-state index in [9.17, 15) is 18.4 Å². The Labute approximate surface area is 200 Å². The number of amides is 2. The number of fused-ring (bicyclic) bond motifs is 2. The van der Waals surface area contributed by atoms with Crippen molar-refractivity contribution in [3.63, 3.8) is 0 Å². The van der Waals surface area contributed by atoms with Crippen molar-refractivity contribution in [2.24, 2.45) is 0 Å². The Balaban J connectivity index is 1.62. The molecule has 5 rings (SSSR count). The van der Waals surface area contributed by atoms with Crippen LogP contribution in [0, 0.1) is 18.6 Å². The van der Waals surface area contributed by atoms with Gasteiger partial charge in [0.2, 0.25) is 0 Å². The highest BCUT2D eigenvalue weighted by atomic mass is 32.2. The molecule has 2 heterocycles. The number of ether oxygens (including phenoxy) is 1. The predicted octanol–water partition coefficient (Wildman–Crippen LogP) is 4.87. The normalized spacial score (nSPS) is 19.1. The molecule has 0 radical (unpaired) electrons. The highest BCUT2D eigenvalue weighted by Gasteiger charge is 2.59.